The third-order valence-corrected chi connectivity index (χ3v) is 22.9. The van der Waals surface area contributed by atoms with E-state index in [9.17, 15) is 0 Å². The Labute approximate surface area is 546 Å². The van der Waals surface area contributed by atoms with Crippen LogP contribution in [0.4, 0.5) is 0 Å². The van der Waals surface area contributed by atoms with Crippen molar-refractivity contribution in [2.75, 3.05) is 0 Å². The zero-order valence-electron chi connectivity index (χ0n) is 49.8. The van der Waals surface area contributed by atoms with Gasteiger partial charge < -0.3 is 4.42 Å². The molecule has 0 atom stereocenters. The van der Waals surface area contributed by atoms with Gasteiger partial charge in [-0.05, 0) is 12.1 Å². The van der Waals surface area contributed by atoms with Gasteiger partial charge in [0.1, 0.15) is 11.2 Å². The molecule has 0 unspecified atom stereocenters. The molecule has 14 aromatic carbocycles. The molecular formula is C84H50N6OSe2. The summed E-state index contributed by atoms with van der Waals surface area (Å²) in [7, 11) is 0. The van der Waals surface area contributed by atoms with Crippen LogP contribution in [-0.4, -0.2) is 58.9 Å². The van der Waals surface area contributed by atoms with Crippen molar-refractivity contribution in [3.63, 3.8) is 0 Å². The van der Waals surface area contributed by atoms with E-state index < -0.39 is 0 Å². The van der Waals surface area contributed by atoms with E-state index in [2.05, 4.69) is 224 Å². The molecule has 93 heavy (non-hydrogen) atoms. The Balaban J connectivity index is 0.000000144. The van der Waals surface area contributed by atoms with Crippen LogP contribution in [0.1, 0.15) is 0 Å². The summed E-state index contributed by atoms with van der Waals surface area (Å²) in [5.41, 5.74) is 12.7. The molecule has 0 N–H and O–H groups in total. The van der Waals surface area contributed by atoms with Crippen molar-refractivity contribution < 1.29 is 4.42 Å². The van der Waals surface area contributed by atoms with Gasteiger partial charge in [0.25, 0.3) is 0 Å². The predicted octanol–water partition coefficient (Wildman–Crippen LogP) is 21.2. The van der Waals surface area contributed by atoms with Crippen LogP contribution < -0.4 is 0 Å². The SMILES string of the molecule is c1ccc(-c2nc(-c3ccc4c(-c5cccc6c5[se]c5c(-c7ccccc7)cccc56)cccc4c3)nc(-c3cccc4oc5ccccc5c34)n2)cc1.c1ccc(-c2nc(-c3ccc4c(ccc5ccccc54)c3)nc(-c3cccc4c3[se]c3ccccc34)n2)cc1. The molecule has 0 fully saturated rings. The molecule has 0 bridgehead atoms. The molecule has 9 heteroatoms. The van der Waals surface area contributed by atoms with Gasteiger partial charge in [0.2, 0.25) is 0 Å². The molecule has 0 saturated heterocycles. The Morgan fingerprint density at radius 1 is 0.215 bits per heavy atom. The van der Waals surface area contributed by atoms with Gasteiger partial charge in [-0.3, -0.25) is 0 Å². The summed E-state index contributed by atoms with van der Waals surface area (Å²) in [5, 5.41) is 14.6. The summed E-state index contributed by atoms with van der Waals surface area (Å²) in [4.78, 5) is 30.4. The molecule has 19 rings (SSSR count). The van der Waals surface area contributed by atoms with Gasteiger partial charge in [-0.1, -0.05) is 48.5 Å². The van der Waals surface area contributed by atoms with Crippen molar-refractivity contribution in [2.24, 2.45) is 0 Å². The first-order valence-electron chi connectivity index (χ1n) is 31.0. The normalized spacial score (nSPS) is 11.7. The fourth-order valence-corrected chi connectivity index (χ4v) is 18.7. The van der Waals surface area contributed by atoms with Crippen LogP contribution in [0.25, 0.3) is 183 Å². The molecule has 7 nitrogen and oxygen atoms in total. The molecule has 0 spiro atoms. The van der Waals surface area contributed by atoms with E-state index in [0.29, 0.717) is 29.1 Å². The summed E-state index contributed by atoms with van der Waals surface area (Å²) in [5.74, 6) is 3.98. The van der Waals surface area contributed by atoms with Crippen LogP contribution >= 0.6 is 0 Å². The monoisotopic (exact) mass is 1320 g/mol. The summed E-state index contributed by atoms with van der Waals surface area (Å²) >= 11 is 0.361. The number of furan rings is 1. The number of nitrogens with zero attached hydrogens (tertiary/aromatic N) is 6. The molecular weight excluding hydrogens is 1270 g/mol. The Morgan fingerprint density at radius 2 is 0.634 bits per heavy atom. The molecule has 0 aliphatic carbocycles. The van der Waals surface area contributed by atoms with Crippen molar-refractivity contribution in [2.45, 2.75) is 0 Å². The third-order valence-electron chi connectivity index (χ3n) is 17.7. The van der Waals surface area contributed by atoms with E-state index in [1.54, 1.807) is 0 Å². The molecule has 5 aromatic heterocycles. The van der Waals surface area contributed by atoms with Crippen molar-refractivity contribution in [3.05, 3.63) is 303 Å². The minimum absolute atomic E-state index is 0.161. The molecule has 0 aliphatic heterocycles. The third kappa shape index (κ3) is 9.73. The van der Waals surface area contributed by atoms with Gasteiger partial charge in [-0.2, -0.15) is 0 Å². The molecule has 0 aliphatic rings. The molecule has 5 heterocycles. The molecule has 19 aromatic rings. The molecule has 0 saturated carbocycles. The molecule has 0 radical (unpaired) electrons. The fourth-order valence-electron chi connectivity index (χ4n) is 13.3. The van der Waals surface area contributed by atoms with E-state index in [-0.39, 0.29) is 29.0 Å². The second kappa shape index (κ2) is 22.9. The van der Waals surface area contributed by atoms with Crippen molar-refractivity contribution in [1.29, 1.82) is 0 Å². The molecule has 0 amide bonds. The number of fused-ring (bicyclic) bond motifs is 13. The Kier molecular flexibility index (Phi) is 13.4. The van der Waals surface area contributed by atoms with Crippen LogP contribution in [0.15, 0.2) is 308 Å². The van der Waals surface area contributed by atoms with E-state index in [4.69, 9.17) is 34.3 Å². The van der Waals surface area contributed by atoms with E-state index >= 15 is 0 Å². The van der Waals surface area contributed by atoms with Gasteiger partial charge in [-0.25, -0.2) is 0 Å². The average Bonchev–Trinajstić information content (AvgIpc) is 1.78. The second-order valence-electron chi connectivity index (χ2n) is 23.2. The van der Waals surface area contributed by atoms with E-state index in [0.717, 1.165) is 66.5 Å². The van der Waals surface area contributed by atoms with Crippen LogP contribution in [0.2, 0.25) is 0 Å². The van der Waals surface area contributed by atoms with E-state index in [1.807, 2.05) is 78.9 Å². The second-order valence-corrected chi connectivity index (χ2v) is 27.5. The standard InChI is InChI=1S/C49H29N3OSe.C35H21N3Se/c1-3-13-30(14-4-1)35-19-10-22-38-39-23-11-21-37(46(39)54-45(35)38)36-20-9-17-32-29-33(27-28-34(32)36)48-50-47(31-15-5-2-6-16-31)51-49(52-48)41-24-12-26-43-44(41)40-18-7-8-25-42(40)53-43;1-2-10-23(11-3-1)33-36-34(25-19-20-27-24(21-25)18-17-22-9-4-5-12-26(22)27)38-35(37-33)30-15-8-14-29-28-13-6-7-16-31(28)39-32(29)30/h1-29H;1-21H. The van der Waals surface area contributed by atoms with Crippen LogP contribution in [-0.2, 0) is 0 Å². The Hall–Kier alpha value is -11.3. The number of benzene rings is 14. The van der Waals surface area contributed by atoms with Crippen molar-refractivity contribution in [3.8, 4) is 90.6 Å². The predicted molar refractivity (Wildman–Crippen MR) is 387 cm³/mol. The summed E-state index contributed by atoms with van der Waals surface area (Å²) in [6.45, 7) is 0. The zero-order chi connectivity index (χ0) is 61.3. The quantitative estimate of drug-likeness (QED) is 0.111. The first-order chi connectivity index (χ1) is 46.1. The topological polar surface area (TPSA) is 90.5 Å². The number of aromatic nitrogens is 6. The number of para-hydroxylation sites is 1. The minimum atomic E-state index is 0.161. The Bertz CT molecular complexity index is 6140. The van der Waals surface area contributed by atoms with Gasteiger partial charge >= 0.3 is 468 Å². The number of hydrogen-bond acceptors (Lipinski definition) is 7. The summed E-state index contributed by atoms with van der Waals surface area (Å²) < 4.78 is 11.9. The zero-order valence-corrected chi connectivity index (χ0v) is 53.2. The van der Waals surface area contributed by atoms with Crippen LogP contribution in [0.5, 0.6) is 0 Å². The van der Waals surface area contributed by atoms with Gasteiger partial charge in [0.15, 0.2) is 0 Å². The summed E-state index contributed by atoms with van der Waals surface area (Å²) in [6.07, 6.45) is 0. The van der Waals surface area contributed by atoms with Crippen molar-refractivity contribution >= 4 is 122 Å². The van der Waals surface area contributed by atoms with Crippen LogP contribution in [0, 0.1) is 0 Å². The maximum absolute atomic E-state index is 6.24. The average molecular weight is 1320 g/mol. The van der Waals surface area contributed by atoms with Crippen LogP contribution in [0.3, 0.4) is 0 Å². The van der Waals surface area contributed by atoms with Gasteiger partial charge in [-0.15, -0.1) is 0 Å². The first-order valence-corrected chi connectivity index (χ1v) is 34.4. The Morgan fingerprint density at radius 3 is 1.33 bits per heavy atom. The fraction of sp³-hybridized carbons (Fsp3) is 0. The van der Waals surface area contributed by atoms with E-state index in [1.165, 1.54) is 87.8 Å². The maximum atomic E-state index is 6.24. The van der Waals surface area contributed by atoms with Gasteiger partial charge in [0, 0.05) is 5.39 Å². The molecule has 434 valence electrons. The van der Waals surface area contributed by atoms with Crippen molar-refractivity contribution in [1.82, 2.24) is 29.9 Å². The summed E-state index contributed by atoms with van der Waals surface area (Å²) in [6, 6.07) is 107. The number of rotatable bonds is 8. The van der Waals surface area contributed by atoms with Gasteiger partial charge in [0.05, 0.1) is 0 Å². The first kappa shape index (κ1) is 54.6. The number of hydrogen-bond donors (Lipinski definition) is 0.